The van der Waals surface area contributed by atoms with E-state index >= 15 is 0 Å². The fraction of sp³-hybridized carbons (Fsp3) is 0.250. The molecule has 1 aliphatic rings. The molecule has 0 atom stereocenters. The Bertz CT molecular complexity index is 931. The predicted molar refractivity (Wildman–Crippen MR) is 113 cm³/mol. The highest BCUT2D eigenvalue weighted by Crippen LogP contribution is 2.33. The topological polar surface area (TPSA) is 54.2 Å². The summed E-state index contributed by atoms with van der Waals surface area (Å²) in [6.45, 7) is 3.12. The van der Waals surface area contributed by atoms with Crippen LogP contribution in [0, 0.1) is 0 Å². The van der Waals surface area contributed by atoms with Crippen LogP contribution in [-0.2, 0) is 6.54 Å². The summed E-state index contributed by atoms with van der Waals surface area (Å²) in [5.41, 5.74) is 9.01. The molecular weight excluding hydrogens is 364 g/mol. The molecule has 1 aromatic heterocycles. The van der Waals surface area contributed by atoms with Gasteiger partial charge in [0.2, 0.25) is 0 Å². The molecule has 0 radical (unpaired) electrons. The number of pyridine rings is 1. The molecule has 0 aliphatic carbocycles. The van der Waals surface area contributed by atoms with Gasteiger partial charge in [-0.05, 0) is 29.8 Å². The first-order valence-corrected chi connectivity index (χ1v) is 10.1. The molecule has 2 aromatic carbocycles. The van der Waals surface area contributed by atoms with E-state index in [2.05, 4.69) is 40.5 Å². The van der Waals surface area contributed by atoms with Crippen LogP contribution in [0.15, 0.2) is 53.4 Å². The Morgan fingerprint density at radius 2 is 2.08 bits per heavy atom. The SMILES string of the molecule is NCCNc1cc(N2CCSc3ccccc3C2)nc2ccc(Cl)cc12. The van der Waals surface area contributed by atoms with Crippen LogP contribution in [0.4, 0.5) is 11.5 Å². The fourth-order valence-corrected chi connectivity index (χ4v) is 4.42. The summed E-state index contributed by atoms with van der Waals surface area (Å²) in [5, 5.41) is 5.16. The van der Waals surface area contributed by atoms with Gasteiger partial charge in [0.25, 0.3) is 0 Å². The van der Waals surface area contributed by atoms with Gasteiger partial charge in [-0.2, -0.15) is 0 Å². The maximum absolute atomic E-state index is 6.20. The first-order valence-electron chi connectivity index (χ1n) is 8.74. The van der Waals surface area contributed by atoms with Crippen molar-refractivity contribution in [2.45, 2.75) is 11.4 Å². The number of nitrogens with one attached hydrogen (secondary N) is 1. The van der Waals surface area contributed by atoms with Crippen molar-refractivity contribution in [3.8, 4) is 0 Å². The van der Waals surface area contributed by atoms with Gasteiger partial charge in [-0.3, -0.25) is 0 Å². The number of rotatable bonds is 4. The van der Waals surface area contributed by atoms with Crippen molar-refractivity contribution >= 4 is 45.8 Å². The lowest BCUT2D eigenvalue weighted by molar-refractivity contribution is 0.821. The zero-order valence-electron chi connectivity index (χ0n) is 14.4. The van der Waals surface area contributed by atoms with Gasteiger partial charge in [0.05, 0.1) is 5.52 Å². The number of nitrogens with two attached hydrogens (primary N) is 1. The van der Waals surface area contributed by atoms with E-state index in [9.17, 15) is 0 Å². The molecule has 4 nitrogen and oxygen atoms in total. The Hall–Kier alpha value is -1.95. The van der Waals surface area contributed by atoms with Crippen LogP contribution in [0.5, 0.6) is 0 Å². The van der Waals surface area contributed by atoms with Crippen LogP contribution in [0.1, 0.15) is 5.56 Å². The molecule has 134 valence electrons. The first kappa shape index (κ1) is 17.5. The minimum atomic E-state index is 0.577. The largest absolute Gasteiger partial charge is 0.383 e. The van der Waals surface area contributed by atoms with E-state index in [4.69, 9.17) is 22.3 Å². The van der Waals surface area contributed by atoms with Crippen LogP contribution in [0.3, 0.4) is 0 Å². The smallest absolute Gasteiger partial charge is 0.131 e. The minimum absolute atomic E-state index is 0.577. The number of thioether (sulfide) groups is 1. The third-order valence-corrected chi connectivity index (χ3v) is 5.82. The molecule has 3 N–H and O–H groups in total. The number of halogens is 1. The predicted octanol–water partition coefficient (Wildman–Crippen LogP) is 4.37. The number of nitrogens with zero attached hydrogens (tertiary/aromatic N) is 2. The van der Waals surface area contributed by atoms with Crippen molar-refractivity contribution in [3.05, 3.63) is 59.1 Å². The van der Waals surface area contributed by atoms with E-state index in [1.807, 2.05) is 30.0 Å². The summed E-state index contributed by atoms with van der Waals surface area (Å²) in [6.07, 6.45) is 0. The Labute approximate surface area is 162 Å². The van der Waals surface area contributed by atoms with E-state index in [1.165, 1.54) is 10.5 Å². The molecule has 1 aliphatic heterocycles. The monoisotopic (exact) mass is 384 g/mol. The molecule has 26 heavy (non-hydrogen) atoms. The Balaban J connectivity index is 1.75. The van der Waals surface area contributed by atoms with Crippen LogP contribution in [0.2, 0.25) is 5.02 Å². The van der Waals surface area contributed by atoms with Crippen LogP contribution >= 0.6 is 23.4 Å². The van der Waals surface area contributed by atoms with E-state index in [0.717, 1.165) is 41.3 Å². The first-order chi connectivity index (χ1) is 12.7. The lowest BCUT2D eigenvalue weighted by atomic mass is 10.1. The summed E-state index contributed by atoms with van der Waals surface area (Å²) < 4.78 is 0. The van der Waals surface area contributed by atoms with Crippen LogP contribution in [-0.4, -0.2) is 30.4 Å². The number of hydrogen-bond acceptors (Lipinski definition) is 5. The van der Waals surface area contributed by atoms with Gasteiger partial charge in [0.1, 0.15) is 5.82 Å². The lowest BCUT2D eigenvalue weighted by Crippen LogP contribution is -2.25. The highest BCUT2D eigenvalue weighted by atomic mass is 35.5. The third-order valence-electron chi connectivity index (χ3n) is 4.49. The normalized spacial score (nSPS) is 14.2. The second kappa shape index (κ2) is 7.74. The summed E-state index contributed by atoms with van der Waals surface area (Å²) in [7, 11) is 0. The average molecular weight is 385 g/mol. The quantitative estimate of drug-likeness (QED) is 0.699. The Morgan fingerprint density at radius 3 is 2.96 bits per heavy atom. The highest BCUT2D eigenvalue weighted by molar-refractivity contribution is 7.99. The number of benzene rings is 2. The summed E-state index contributed by atoms with van der Waals surface area (Å²) in [4.78, 5) is 8.62. The second-order valence-corrected chi connectivity index (χ2v) is 7.86. The lowest BCUT2D eigenvalue weighted by Gasteiger charge is -2.23. The van der Waals surface area contributed by atoms with E-state index in [0.29, 0.717) is 18.1 Å². The van der Waals surface area contributed by atoms with E-state index in [1.54, 1.807) is 0 Å². The molecule has 0 saturated heterocycles. The van der Waals surface area contributed by atoms with Crippen molar-refractivity contribution < 1.29 is 0 Å². The molecule has 2 heterocycles. The third kappa shape index (κ3) is 3.61. The van der Waals surface area contributed by atoms with Gasteiger partial charge in [-0.15, -0.1) is 11.8 Å². The van der Waals surface area contributed by atoms with Gasteiger partial charge < -0.3 is 16.0 Å². The van der Waals surface area contributed by atoms with Gasteiger partial charge in [-0.25, -0.2) is 4.98 Å². The van der Waals surface area contributed by atoms with Crippen molar-refractivity contribution in [1.29, 1.82) is 0 Å². The summed E-state index contributed by atoms with van der Waals surface area (Å²) in [6, 6.07) is 16.6. The molecule has 0 unspecified atom stereocenters. The molecule has 0 fully saturated rings. The molecule has 3 aromatic rings. The zero-order valence-corrected chi connectivity index (χ0v) is 16.0. The number of aromatic nitrogens is 1. The van der Waals surface area contributed by atoms with Gasteiger partial charge in [0, 0.05) is 59.0 Å². The maximum atomic E-state index is 6.20. The summed E-state index contributed by atoms with van der Waals surface area (Å²) in [5.74, 6) is 2.03. The van der Waals surface area contributed by atoms with Crippen molar-refractivity contribution in [1.82, 2.24) is 4.98 Å². The van der Waals surface area contributed by atoms with E-state index < -0.39 is 0 Å². The van der Waals surface area contributed by atoms with Crippen LogP contribution < -0.4 is 16.0 Å². The van der Waals surface area contributed by atoms with Crippen LogP contribution in [0.25, 0.3) is 10.9 Å². The molecular formula is C20H21ClN4S. The van der Waals surface area contributed by atoms with Gasteiger partial charge >= 0.3 is 0 Å². The summed E-state index contributed by atoms with van der Waals surface area (Å²) >= 11 is 8.11. The van der Waals surface area contributed by atoms with Crippen molar-refractivity contribution in [2.75, 3.05) is 35.6 Å². The Kier molecular flexibility index (Phi) is 5.20. The highest BCUT2D eigenvalue weighted by Gasteiger charge is 2.17. The number of hydrogen-bond donors (Lipinski definition) is 2. The van der Waals surface area contributed by atoms with Crippen molar-refractivity contribution in [2.24, 2.45) is 5.73 Å². The van der Waals surface area contributed by atoms with Crippen molar-refractivity contribution in [3.63, 3.8) is 0 Å². The minimum Gasteiger partial charge on any atom is -0.383 e. The average Bonchev–Trinajstić information content (AvgIpc) is 2.88. The maximum Gasteiger partial charge on any atom is 0.131 e. The Morgan fingerprint density at radius 1 is 1.19 bits per heavy atom. The van der Waals surface area contributed by atoms with Gasteiger partial charge in [-0.1, -0.05) is 29.8 Å². The molecule has 4 rings (SSSR count). The standard InChI is InChI=1S/C20H21ClN4S/c21-15-5-6-17-16(11-15)18(23-8-7-22)12-20(24-17)25-9-10-26-19-4-2-1-3-14(19)13-25/h1-6,11-12H,7-10,13,22H2,(H,23,24). The molecule has 0 spiro atoms. The van der Waals surface area contributed by atoms with Gasteiger partial charge in [0.15, 0.2) is 0 Å². The molecule has 6 heteroatoms. The number of anilines is 2. The zero-order chi connectivity index (χ0) is 17.9. The molecule has 0 amide bonds. The van der Waals surface area contributed by atoms with E-state index in [-0.39, 0.29) is 0 Å². The fourth-order valence-electron chi connectivity index (χ4n) is 3.22. The molecule has 0 saturated carbocycles. The second-order valence-electron chi connectivity index (χ2n) is 6.28. The molecule has 0 bridgehead atoms. The number of fused-ring (bicyclic) bond motifs is 2.